The van der Waals surface area contributed by atoms with E-state index in [1.807, 2.05) is 20.8 Å². The summed E-state index contributed by atoms with van der Waals surface area (Å²) in [4.78, 5) is 11.0. The van der Waals surface area contributed by atoms with Crippen LogP contribution < -0.4 is 10.8 Å². The zero-order valence-corrected chi connectivity index (χ0v) is 15.0. The normalized spacial score (nSPS) is 21.6. The summed E-state index contributed by atoms with van der Waals surface area (Å²) in [5.41, 5.74) is -0.0117. The minimum absolute atomic E-state index is 0.204. The number of hydrogen-bond acceptors (Lipinski definition) is 4. The van der Waals surface area contributed by atoms with Crippen LogP contribution in [0.5, 0.6) is 0 Å². The molecule has 1 aliphatic rings. The molecule has 2 aromatic carbocycles. The first kappa shape index (κ1) is 18.4. The molecule has 5 nitrogen and oxygen atoms in total. The van der Waals surface area contributed by atoms with E-state index < -0.39 is 24.3 Å². The Morgan fingerprint density at radius 1 is 1.12 bits per heavy atom. The number of nitrogens with one attached hydrogen (secondary N) is 1. The van der Waals surface area contributed by atoms with Gasteiger partial charge < -0.3 is 19.7 Å². The molecule has 2 N–H and O–H groups in total. The number of para-hydroxylation sites is 1. The van der Waals surface area contributed by atoms with Gasteiger partial charge in [0, 0.05) is 6.54 Å². The fourth-order valence-corrected chi connectivity index (χ4v) is 2.84. The summed E-state index contributed by atoms with van der Waals surface area (Å²) in [7, 11) is -0.625. The lowest BCUT2D eigenvalue weighted by Crippen LogP contribution is -2.50. The highest BCUT2D eigenvalue weighted by Crippen LogP contribution is 2.37. The minimum Gasteiger partial charge on any atom is -0.478 e. The van der Waals surface area contributed by atoms with Gasteiger partial charge in [0.15, 0.2) is 0 Å². The monoisotopic (exact) mass is 357 g/mol. The third-order valence-electron chi connectivity index (χ3n) is 4.96. The summed E-state index contributed by atoms with van der Waals surface area (Å²) in [6.07, 6.45) is 0. The summed E-state index contributed by atoms with van der Waals surface area (Å²) < 4.78 is 26.1. The Labute approximate surface area is 152 Å². The van der Waals surface area contributed by atoms with E-state index in [-0.39, 0.29) is 11.4 Å². The molecule has 1 aliphatic heterocycles. The van der Waals surface area contributed by atoms with Gasteiger partial charge in [-0.3, -0.25) is 0 Å². The van der Waals surface area contributed by atoms with Crippen molar-refractivity contribution >= 4 is 24.2 Å². The van der Waals surface area contributed by atoms with Crippen LogP contribution in [0, 0.1) is 5.82 Å². The maximum atomic E-state index is 13.8. The molecule has 0 spiro atoms. The molecule has 0 amide bonds. The predicted molar refractivity (Wildman–Crippen MR) is 98.3 cm³/mol. The second kappa shape index (κ2) is 6.74. The van der Waals surface area contributed by atoms with Crippen molar-refractivity contribution in [2.75, 3.05) is 11.9 Å². The molecule has 2 aromatic rings. The quantitative estimate of drug-likeness (QED) is 0.806. The molecule has 1 unspecified atom stereocenters. The molecule has 0 aliphatic carbocycles. The van der Waals surface area contributed by atoms with E-state index in [4.69, 9.17) is 14.4 Å². The molecule has 7 heteroatoms. The van der Waals surface area contributed by atoms with Crippen LogP contribution in [0.3, 0.4) is 0 Å². The zero-order chi connectivity index (χ0) is 18.9. The number of carboxylic acid groups (broad SMARTS) is 1. The molecule has 3 rings (SSSR count). The molecular formula is C19H21BFNO4. The Hall–Kier alpha value is -2.38. The molecule has 1 saturated heterocycles. The third-order valence-corrected chi connectivity index (χ3v) is 4.96. The van der Waals surface area contributed by atoms with E-state index in [2.05, 4.69) is 5.32 Å². The number of anilines is 1. The van der Waals surface area contributed by atoms with Gasteiger partial charge >= 0.3 is 13.1 Å². The summed E-state index contributed by atoms with van der Waals surface area (Å²) >= 11 is 0. The van der Waals surface area contributed by atoms with Crippen molar-refractivity contribution in [2.24, 2.45) is 0 Å². The van der Waals surface area contributed by atoms with Crippen LogP contribution in [0.25, 0.3) is 0 Å². The van der Waals surface area contributed by atoms with Crippen LogP contribution in [-0.2, 0) is 9.31 Å². The molecule has 26 heavy (non-hydrogen) atoms. The SMILES string of the molecule is CC1(C)OB(c2ccc(C(=O)O)cc2)OC1(C)CNc1ccccc1F. The van der Waals surface area contributed by atoms with Crippen LogP contribution in [-0.4, -0.2) is 35.9 Å². The van der Waals surface area contributed by atoms with Gasteiger partial charge in [-0.05, 0) is 50.5 Å². The number of halogens is 1. The summed E-state index contributed by atoms with van der Waals surface area (Å²) in [5, 5.41) is 12.1. The Balaban J connectivity index is 1.76. The van der Waals surface area contributed by atoms with Crippen LogP contribution in [0.4, 0.5) is 10.1 Å². The van der Waals surface area contributed by atoms with E-state index in [9.17, 15) is 9.18 Å². The lowest BCUT2D eigenvalue weighted by molar-refractivity contribution is 0.00123. The fraction of sp³-hybridized carbons (Fsp3) is 0.316. The Bertz CT molecular complexity index is 811. The number of aromatic carboxylic acids is 1. The summed E-state index contributed by atoms with van der Waals surface area (Å²) in [6, 6.07) is 12.9. The largest absolute Gasteiger partial charge is 0.494 e. The Morgan fingerprint density at radius 3 is 2.38 bits per heavy atom. The molecule has 0 saturated carbocycles. The number of carboxylic acids is 1. The molecule has 136 valence electrons. The van der Waals surface area contributed by atoms with E-state index in [1.54, 1.807) is 30.3 Å². The first-order valence-corrected chi connectivity index (χ1v) is 8.39. The molecular weight excluding hydrogens is 336 g/mol. The fourth-order valence-electron chi connectivity index (χ4n) is 2.84. The smallest absolute Gasteiger partial charge is 0.478 e. The maximum absolute atomic E-state index is 13.8. The topological polar surface area (TPSA) is 67.8 Å². The highest BCUT2D eigenvalue weighted by molar-refractivity contribution is 6.62. The third kappa shape index (κ3) is 3.45. The predicted octanol–water partition coefficient (Wildman–Crippen LogP) is 2.92. The van der Waals surface area contributed by atoms with Gasteiger partial charge in [0.2, 0.25) is 0 Å². The van der Waals surface area contributed by atoms with Gasteiger partial charge in [0.1, 0.15) is 5.82 Å². The van der Waals surface area contributed by atoms with Crippen molar-refractivity contribution in [3.05, 3.63) is 59.9 Å². The first-order valence-electron chi connectivity index (χ1n) is 8.39. The first-order chi connectivity index (χ1) is 12.2. The Morgan fingerprint density at radius 2 is 1.77 bits per heavy atom. The summed E-state index contributed by atoms with van der Waals surface area (Å²) in [6.45, 7) is 6.10. The summed E-state index contributed by atoms with van der Waals surface area (Å²) in [5.74, 6) is -1.31. The highest BCUT2D eigenvalue weighted by atomic mass is 19.1. The maximum Gasteiger partial charge on any atom is 0.494 e. The second-order valence-electron chi connectivity index (χ2n) is 7.07. The van der Waals surface area contributed by atoms with Gasteiger partial charge in [-0.25, -0.2) is 9.18 Å². The zero-order valence-electron chi connectivity index (χ0n) is 15.0. The average Bonchev–Trinajstić information content (AvgIpc) is 2.84. The van der Waals surface area contributed by atoms with Gasteiger partial charge in [-0.15, -0.1) is 0 Å². The van der Waals surface area contributed by atoms with Gasteiger partial charge in [0.05, 0.1) is 22.5 Å². The van der Waals surface area contributed by atoms with Crippen LogP contribution in [0.1, 0.15) is 31.1 Å². The average molecular weight is 357 g/mol. The standard InChI is InChI=1S/C19H21BFNO4/c1-18(2)19(3,12-22-16-7-5-4-6-15(16)21)26-20(25-18)14-10-8-13(9-11-14)17(23)24/h4-11,22H,12H2,1-3H3,(H,23,24). The van der Waals surface area contributed by atoms with Crippen molar-refractivity contribution in [3.63, 3.8) is 0 Å². The van der Waals surface area contributed by atoms with E-state index in [0.29, 0.717) is 12.2 Å². The van der Waals surface area contributed by atoms with E-state index in [1.165, 1.54) is 18.2 Å². The highest BCUT2D eigenvalue weighted by Gasteiger charge is 2.54. The molecule has 0 aromatic heterocycles. The molecule has 1 heterocycles. The second-order valence-corrected chi connectivity index (χ2v) is 7.07. The van der Waals surface area contributed by atoms with Crippen molar-refractivity contribution in [3.8, 4) is 0 Å². The van der Waals surface area contributed by atoms with Crippen LogP contribution in [0.2, 0.25) is 0 Å². The van der Waals surface area contributed by atoms with E-state index in [0.717, 1.165) is 5.46 Å². The number of benzene rings is 2. The lowest BCUT2D eigenvalue weighted by atomic mass is 9.79. The van der Waals surface area contributed by atoms with Gasteiger partial charge in [-0.2, -0.15) is 0 Å². The van der Waals surface area contributed by atoms with Crippen molar-refractivity contribution in [1.82, 2.24) is 0 Å². The Kier molecular flexibility index (Phi) is 4.77. The number of rotatable bonds is 5. The number of hydrogen-bond donors (Lipinski definition) is 2. The number of carbonyl (C=O) groups is 1. The van der Waals surface area contributed by atoms with Crippen LogP contribution >= 0.6 is 0 Å². The van der Waals surface area contributed by atoms with Crippen molar-refractivity contribution in [1.29, 1.82) is 0 Å². The molecule has 1 atom stereocenters. The molecule has 0 radical (unpaired) electrons. The molecule has 0 bridgehead atoms. The molecule has 1 fully saturated rings. The van der Waals surface area contributed by atoms with Crippen molar-refractivity contribution < 1.29 is 23.6 Å². The van der Waals surface area contributed by atoms with Gasteiger partial charge in [-0.1, -0.05) is 24.3 Å². The minimum atomic E-state index is -0.982. The van der Waals surface area contributed by atoms with Crippen LogP contribution in [0.15, 0.2) is 48.5 Å². The lowest BCUT2D eigenvalue weighted by Gasteiger charge is -2.36. The van der Waals surface area contributed by atoms with E-state index >= 15 is 0 Å². The van der Waals surface area contributed by atoms with Gasteiger partial charge in [0.25, 0.3) is 0 Å². The van der Waals surface area contributed by atoms with Crippen molar-refractivity contribution in [2.45, 2.75) is 32.0 Å².